The predicted molar refractivity (Wildman–Crippen MR) is 305 cm³/mol. The Morgan fingerprint density at radius 2 is 0.781 bits per heavy atom. The van der Waals surface area contributed by atoms with Crippen LogP contribution in [0.3, 0.4) is 0 Å². The van der Waals surface area contributed by atoms with E-state index in [-0.39, 0.29) is 0 Å². The Bertz CT molecular complexity index is 4130. The molecule has 0 N–H and O–H groups in total. The normalized spacial score (nSPS) is 12.5. The zero-order valence-corrected chi connectivity index (χ0v) is 40.0. The average Bonchev–Trinajstić information content (AvgIpc) is 4.06. The Labute approximate surface area is 425 Å². The molecule has 0 spiro atoms. The van der Waals surface area contributed by atoms with Gasteiger partial charge in [0.25, 0.3) is 0 Å². The molecule has 0 radical (unpaired) electrons. The quantitative estimate of drug-likeness (QED) is 0.143. The molecule has 1 aliphatic rings. The molecule has 0 bridgehead atoms. The van der Waals surface area contributed by atoms with Gasteiger partial charge in [0, 0.05) is 33.3 Å². The van der Waals surface area contributed by atoms with Gasteiger partial charge in [-0.3, -0.25) is 0 Å². The van der Waals surface area contributed by atoms with E-state index in [1.165, 1.54) is 66.4 Å². The maximum Gasteiger partial charge on any atom is 0.143 e. The van der Waals surface area contributed by atoms with Crippen molar-refractivity contribution in [3.63, 3.8) is 0 Å². The van der Waals surface area contributed by atoms with E-state index < -0.39 is 5.41 Å². The number of furan rings is 1. The second-order valence-electron chi connectivity index (χ2n) is 19.1. The molecule has 1 aromatic heterocycles. The van der Waals surface area contributed by atoms with Crippen LogP contribution in [-0.2, 0) is 5.41 Å². The van der Waals surface area contributed by atoms with Gasteiger partial charge in [-0.25, -0.2) is 0 Å². The minimum atomic E-state index is -0.513. The van der Waals surface area contributed by atoms with Gasteiger partial charge >= 0.3 is 0 Å². The molecule has 0 atom stereocenters. The van der Waals surface area contributed by atoms with E-state index in [9.17, 15) is 0 Å². The summed E-state index contributed by atoms with van der Waals surface area (Å²) in [5, 5.41) is 4.69. The van der Waals surface area contributed by atoms with E-state index in [0.29, 0.717) is 0 Å². The Kier molecular flexibility index (Phi) is 10.1. The molecule has 73 heavy (non-hydrogen) atoms. The predicted octanol–water partition coefficient (Wildman–Crippen LogP) is 19.2. The van der Waals surface area contributed by atoms with E-state index in [1.54, 1.807) is 0 Å². The summed E-state index contributed by atoms with van der Waals surface area (Å²) >= 11 is 0. The summed E-state index contributed by atoms with van der Waals surface area (Å²) in [4.78, 5) is 2.43. The first-order chi connectivity index (χ1) is 36.2. The van der Waals surface area contributed by atoms with Crippen LogP contribution in [0.15, 0.2) is 290 Å². The maximum absolute atomic E-state index is 6.54. The number of fused-ring (bicyclic) bond motifs is 7. The Balaban J connectivity index is 0.925. The highest BCUT2D eigenvalue weighted by Crippen LogP contribution is 2.59. The Hall–Kier alpha value is -9.50. The number of anilines is 3. The molecule has 0 saturated heterocycles. The van der Waals surface area contributed by atoms with Crippen molar-refractivity contribution in [2.45, 2.75) is 5.41 Å². The summed E-state index contributed by atoms with van der Waals surface area (Å²) in [6.07, 6.45) is 0. The lowest BCUT2D eigenvalue weighted by molar-refractivity contribution is 0.670. The third-order valence-electron chi connectivity index (χ3n) is 15.2. The highest BCUT2D eigenvalue weighted by atomic mass is 16.3. The number of rotatable bonds is 9. The van der Waals surface area contributed by atoms with E-state index in [2.05, 4.69) is 284 Å². The first-order valence-electron chi connectivity index (χ1n) is 25.2. The summed E-state index contributed by atoms with van der Waals surface area (Å²) in [5.74, 6) is 0. The molecule has 0 unspecified atom stereocenters. The van der Waals surface area contributed by atoms with Gasteiger partial charge in [0.05, 0.1) is 11.1 Å². The molecule has 13 aromatic rings. The van der Waals surface area contributed by atoms with Gasteiger partial charge < -0.3 is 9.32 Å². The van der Waals surface area contributed by atoms with Crippen LogP contribution in [0, 0.1) is 0 Å². The van der Waals surface area contributed by atoms with Gasteiger partial charge in [-0.15, -0.1) is 0 Å². The van der Waals surface area contributed by atoms with Crippen molar-refractivity contribution in [2.24, 2.45) is 0 Å². The third-order valence-corrected chi connectivity index (χ3v) is 15.2. The molecule has 0 amide bonds. The fraction of sp³-hybridized carbons (Fsp3) is 0.0141. The van der Waals surface area contributed by atoms with Crippen molar-refractivity contribution in [2.75, 3.05) is 4.90 Å². The van der Waals surface area contributed by atoms with Crippen molar-refractivity contribution >= 4 is 49.8 Å². The molecule has 1 aliphatic carbocycles. The molecule has 0 aliphatic heterocycles. The van der Waals surface area contributed by atoms with E-state index >= 15 is 0 Å². The lowest BCUT2D eigenvalue weighted by Crippen LogP contribution is -2.28. The van der Waals surface area contributed by atoms with Crippen LogP contribution in [0.4, 0.5) is 17.1 Å². The molecular formula is C71H47NO. The smallest absolute Gasteiger partial charge is 0.143 e. The summed E-state index contributed by atoms with van der Waals surface area (Å²) in [6.45, 7) is 0. The highest BCUT2D eigenvalue weighted by Gasteiger charge is 2.47. The van der Waals surface area contributed by atoms with Crippen LogP contribution >= 0.6 is 0 Å². The van der Waals surface area contributed by atoms with Crippen LogP contribution in [0.1, 0.15) is 22.3 Å². The zero-order valence-electron chi connectivity index (χ0n) is 40.0. The monoisotopic (exact) mass is 929 g/mol. The summed E-state index contributed by atoms with van der Waals surface area (Å²) in [5.41, 5.74) is 21.4. The molecule has 12 aromatic carbocycles. The number of hydrogen-bond acceptors (Lipinski definition) is 2. The number of benzene rings is 12. The van der Waals surface area contributed by atoms with Crippen LogP contribution in [-0.4, -0.2) is 0 Å². The lowest BCUT2D eigenvalue weighted by atomic mass is 9.67. The van der Waals surface area contributed by atoms with E-state index in [4.69, 9.17) is 4.42 Å². The molecular weight excluding hydrogens is 883 g/mol. The van der Waals surface area contributed by atoms with Crippen LogP contribution in [0.25, 0.3) is 88.3 Å². The van der Waals surface area contributed by atoms with Gasteiger partial charge in [0.1, 0.15) is 11.2 Å². The summed E-state index contributed by atoms with van der Waals surface area (Å²) in [7, 11) is 0. The molecule has 14 rings (SSSR count). The van der Waals surface area contributed by atoms with Crippen molar-refractivity contribution < 1.29 is 4.42 Å². The van der Waals surface area contributed by atoms with Gasteiger partial charge in [-0.05, 0) is 126 Å². The number of para-hydroxylation sites is 3. The minimum absolute atomic E-state index is 0.513. The standard InChI is InChI=1S/C71H47NO/c1-4-18-48(19-5-1)51-34-36-54-47-52(35-37-53(54)46-51)49-38-42-57(43-39-49)72(58-44-40-50(41-45-58)59-27-16-29-63-61-25-12-15-33-68(61)73-70(59)63)67-32-14-11-24-60(67)62-28-17-31-66-69(62)64-26-10-13-30-65(64)71(66,55-20-6-2-7-21-55)56-22-8-3-9-23-56/h1-47H. The molecule has 1 heterocycles. The molecule has 0 saturated carbocycles. The number of nitrogens with zero attached hydrogens (tertiary/aromatic N) is 1. The number of hydrogen-bond donors (Lipinski definition) is 0. The first-order valence-corrected chi connectivity index (χ1v) is 25.2. The van der Waals surface area contributed by atoms with Gasteiger partial charge in [0.15, 0.2) is 0 Å². The van der Waals surface area contributed by atoms with Crippen LogP contribution < -0.4 is 4.90 Å². The molecule has 2 nitrogen and oxygen atoms in total. The molecule has 0 fully saturated rings. The molecule has 342 valence electrons. The first kappa shape index (κ1) is 42.4. The SMILES string of the molecule is c1ccc(-c2ccc3cc(-c4ccc(N(c5ccc(-c6cccc7c6oc6ccccc67)cc5)c5ccccc5-c5cccc6c5-c5ccccc5C6(c5ccccc5)c5ccccc5)cc4)ccc3c2)cc1. The minimum Gasteiger partial charge on any atom is -0.455 e. The highest BCUT2D eigenvalue weighted by molar-refractivity contribution is 6.09. The van der Waals surface area contributed by atoms with E-state index in [0.717, 1.165) is 61.3 Å². The maximum atomic E-state index is 6.54. The molecule has 2 heteroatoms. The Morgan fingerprint density at radius 1 is 0.301 bits per heavy atom. The van der Waals surface area contributed by atoms with Gasteiger partial charge in [0.2, 0.25) is 0 Å². The fourth-order valence-electron chi connectivity index (χ4n) is 11.8. The zero-order chi connectivity index (χ0) is 48.3. The Morgan fingerprint density at radius 3 is 1.47 bits per heavy atom. The van der Waals surface area contributed by atoms with Gasteiger partial charge in [-0.2, -0.15) is 0 Å². The summed E-state index contributed by atoms with van der Waals surface area (Å²) in [6, 6.07) is 104. The third kappa shape index (κ3) is 6.94. The largest absolute Gasteiger partial charge is 0.455 e. The lowest BCUT2D eigenvalue weighted by Gasteiger charge is -2.34. The van der Waals surface area contributed by atoms with Crippen LogP contribution in [0.5, 0.6) is 0 Å². The van der Waals surface area contributed by atoms with Crippen molar-refractivity contribution in [3.05, 3.63) is 307 Å². The van der Waals surface area contributed by atoms with Crippen LogP contribution in [0.2, 0.25) is 0 Å². The van der Waals surface area contributed by atoms with Crippen molar-refractivity contribution in [3.8, 4) is 55.6 Å². The van der Waals surface area contributed by atoms with Crippen molar-refractivity contribution in [1.82, 2.24) is 0 Å². The van der Waals surface area contributed by atoms with E-state index in [1.807, 2.05) is 6.07 Å². The average molecular weight is 930 g/mol. The topological polar surface area (TPSA) is 16.4 Å². The summed E-state index contributed by atoms with van der Waals surface area (Å²) < 4.78 is 6.54. The van der Waals surface area contributed by atoms with Crippen molar-refractivity contribution in [1.29, 1.82) is 0 Å². The second kappa shape index (κ2) is 17.4. The second-order valence-corrected chi connectivity index (χ2v) is 19.1. The fourth-order valence-corrected chi connectivity index (χ4v) is 11.8. The van der Waals surface area contributed by atoms with Gasteiger partial charge in [-0.1, -0.05) is 237 Å².